The third-order valence-electron chi connectivity index (χ3n) is 3.26. The van der Waals surface area contributed by atoms with Gasteiger partial charge >= 0.3 is 5.97 Å². The second-order valence-electron chi connectivity index (χ2n) is 5.05. The number of hydrogen-bond acceptors (Lipinski definition) is 5. The number of nitrogens with one attached hydrogen (secondary N) is 1. The van der Waals surface area contributed by atoms with Crippen molar-refractivity contribution >= 4 is 5.97 Å². The van der Waals surface area contributed by atoms with Crippen LogP contribution in [-0.2, 0) is 27.1 Å². The molecule has 1 radical (unpaired) electrons. The molecule has 0 bridgehead atoms. The van der Waals surface area contributed by atoms with Gasteiger partial charge in [-0.2, -0.15) is 5.21 Å². The average Bonchev–Trinajstić information content (AvgIpc) is 2.99. The predicted octanol–water partition coefficient (Wildman–Crippen LogP) is 3.27. The van der Waals surface area contributed by atoms with E-state index in [1.165, 1.54) is 51.4 Å². The molecule has 0 atom stereocenters. The molecule has 0 aliphatic rings. The topological polar surface area (TPSA) is 80.8 Å². The van der Waals surface area contributed by atoms with E-state index in [4.69, 9.17) is 4.74 Å². The molecule has 1 heterocycles. The summed E-state index contributed by atoms with van der Waals surface area (Å²) < 4.78 is 5.03. The van der Waals surface area contributed by atoms with E-state index in [-0.39, 0.29) is 28.2 Å². The van der Waals surface area contributed by atoms with Crippen molar-refractivity contribution in [3.05, 3.63) is 5.82 Å². The summed E-state index contributed by atoms with van der Waals surface area (Å²) in [4.78, 5) is 11.4. The zero-order valence-electron chi connectivity index (χ0n) is 12.7. The van der Waals surface area contributed by atoms with Crippen molar-refractivity contribution in [1.29, 1.82) is 0 Å². The number of carbonyl (C=O) groups is 1. The van der Waals surface area contributed by atoms with Gasteiger partial charge in [0.05, 0.1) is 6.61 Å². The van der Waals surface area contributed by atoms with E-state index in [1.54, 1.807) is 0 Å². The van der Waals surface area contributed by atoms with Crippen LogP contribution in [0.25, 0.3) is 0 Å². The fourth-order valence-electron chi connectivity index (χ4n) is 2.07. The molecular formula is C14H26AgN4O2. The van der Waals surface area contributed by atoms with E-state index in [2.05, 4.69) is 27.5 Å². The van der Waals surface area contributed by atoms with E-state index >= 15 is 0 Å². The molecule has 0 saturated heterocycles. The molecule has 21 heavy (non-hydrogen) atoms. The molecule has 0 spiro atoms. The van der Waals surface area contributed by atoms with E-state index < -0.39 is 5.97 Å². The first-order valence-corrected chi connectivity index (χ1v) is 7.75. The van der Waals surface area contributed by atoms with Gasteiger partial charge in [0.1, 0.15) is 0 Å². The maximum atomic E-state index is 11.4. The number of aromatic nitrogens is 4. The molecule has 7 heteroatoms. The first-order valence-electron chi connectivity index (χ1n) is 7.75. The van der Waals surface area contributed by atoms with Crippen LogP contribution in [0, 0.1) is 0 Å². The van der Waals surface area contributed by atoms with Gasteiger partial charge in [0.25, 0.3) is 5.82 Å². The van der Waals surface area contributed by atoms with Crippen LogP contribution in [0.1, 0.15) is 81.8 Å². The quantitative estimate of drug-likeness (QED) is 0.337. The Labute approximate surface area is 142 Å². The van der Waals surface area contributed by atoms with Crippen LogP contribution in [-0.4, -0.2) is 33.2 Å². The number of unbranched alkanes of at least 4 members (excludes halogenated alkanes) is 9. The summed E-state index contributed by atoms with van der Waals surface area (Å²) >= 11 is 0. The summed E-state index contributed by atoms with van der Waals surface area (Å²) in [5, 5.41) is 12.7. The van der Waals surface area contributed by atoms with Crippen molar-refractivity contribution in [2.75, 3.05) is 6.61 Å². The first kappa shape index (κ1) is 20.3. The summed E-state index contributed by atoms with van der Waals surface area (Å²) in [5.41, 5.74) is 0. The monoisotopic (exact) mass is 389 g/mol. The van der Waals surface area contributed by atoms with Crippen molar-refractivity contribution in [2.24, 2.45) is 0 Å². The number of ether oxygens (including phenoxy) is 1. The second kappa shape index (κ2) is 14.2. The van der Waals surface area contributed by atoms with Crippen LogP contribution in [0.15, 0.2) is 0 Å². The minimum atomic E-state index is -0.505. The molecule has 1 aromatic rings. The van der Waals surface area contributed by atoms with E-state index in [0.717, 1.165) is 12.8 Å². The van der Waals surface area contributed by atoms with Gasteiger partial charge in [0.15, 0.2) is 0 Å². The molecule has 1 N–H and O–H groups in total. The van der Waals surface area contributed by atoms with Crippen molar-refractivity contribution in [2.45, 2.75) is 71.1 Å². The van der Waals surface area contributed by atoms with Gasteiger partial charge in [-0.25, -0.2) is 4.79 Å². The molecule has 0 aromatic carbocycles. The van der Waals surface area contributed by atoms with Crippen LogP contribution >= 0.6 is 0 Å². The van der Waals surface area contributed by atoms with Crippen LogP contribution < -0.4 is 0 Å². The van der Waals surface area contributed by atoms with E-state index in [1.807, 2.05) is 0 Å². The van der Waals surface area contributed by atoms with Crippen LogP contribution in [0.5, 0.6) is 0 Å². The zero-order valence-corrected chi connectivity index (χ0v) is 14.2. The maximum absolute atomic E-state index is 11.4. The average molecular weight is 390 g/mol. The van der Waals surface area contributed by atoms with Crippen molar-refractivity contribution < 1.29 is 31.9 Å². The first-order chi connectivity index (χ1) is 9.84. The van der Waals surface area contributed by atoms with Crippen LogP contribution in [0.4, 0.5) is 0 Å². The third kappa shape index (κ3) is 10.6. The number of esters is 1. The Morgan fingerprint density at radius 3 is 2.10 bits per heavy atom. The van der Waals surface area contributed by atoms with E-state index in [9.17, 15) is 4.79 Å². The van der Waals surface area contributed by atoms with E-state index in [0.29, 0.717) is 6.61 Å². The summed E-state index contributed by atoms with van der Waals surface area (Å²) in [6.45, 7) is 2.68. The van der Waals surface area contributed by atoms with Gasteiger partial charge in [0.2, 0.25) is 0 Å². The molecule has 0 aliphatic heterocycles. The number of tetrazole rings is 1. The molecule has 125 valence electrons. The Kier molecular flexibility index (Phi) is 13.7. The third-order valence-corrected chi connectivity index (χ3v) is 3.26. The summed E-state index contributed by atoms with van der Waals surface area (Å²) in [6, 6.07) is 0. The zero-order chi connectivity index (χ0) is 14.5. The number of carbonyl (C=O) groups excluding carboxylic acids is 1. The normalized spacial score (nSPS) is 10.1. The Morgan fingerprint density at radius 1 is 1.00 bits per heavy atom. The Morgan fingerprint density at radius 2 is 1.57 bits per heavy atom. The Bertz CT molecular complexity index is 347. The summed E-state index contributed by atoms with van der Waals surface area (Å²) in [7, 11) is 0. The molecule has 6 nitrogen and oxygen atoms in total. The largest absolute Gasteiger partial charge is 0.460 e. The molecule has 1 rings (SSSR count). The Hall–Kier alpha value is -0.720. The molecule has 0 aliphatic carbocycles. The number of aromatic amines is 1. The van der Waals surface area contributed by atoms with Gasteiger partial charge in [0, 0.05) is 22.4 Å². The molecule has 0 amide bonds. The van der Waals surface area contributed by atoms with Crippen LogP contribution in [0.2, 0.25) is 0 Å². The molecular weight excluding hydrogens is 364 g/mol. The molecule has 1 aromatic heterocycles. The standard InChI is InChI=1S/C14H26N4O2.Ag/c1-2-3-4-5-6-7-8-9-10-11-12-20-14(19)13-15-17-18-16-13;/h2-12H2,1H3,(H,15,16,17,18);. The molecule has 0 fully saturated rings. The number of H-pyrrole nitrogens is 1. The van der Waals surface area contributed by atoms with Gasteiger partial charge in [-0.15, -0.1) is 10.2 Å². The van der Waals surface area contributed by atoms with Crippen molar-refractivity contribution in [3.63, 3.8) is 0 Å². The maximum Gasteiger partial charge on any atom is 0.380 e. The van der Waals surface area contributed by atoms with Gasteiger partial charge in [-0.1, -0.05) is 64.7 Å². The Balaban J connectivity index is 0.00000400. The minimum absolute atomic E-state index is 0. The molecule has 0 unspecified atom stereocenters. The molecule has 0 saturated carbocycles. The van der Waals surface area contributed by atoms with Crippen molar-refractivity contribution in [1.82, 2.24) is 20.6 Å². The number of rotatable bonds is 12. The van der Waals surface area contributed by atoms with Gasteiger partial charge in [-0.3, -0.25) is 0 Å². The van der Waals surface area contributed by atoms with Gasteiger partial charge < -0.3 is 4.74 Å². The number of hydrogen-bond donors (Lipinski definition) is 1. The predicted molar refractivity (Wildman–Crippen MR) is 76.3 cm³/mol. The minimum Gasteiger partial charge on any atom is -0.460 e. The second-order valence-corrected chi connectivity index (χ2v) is 5.05. The smallest absolute Gasteiger partial charge is 0.380 e. The van der Waals surface area contributed by atoms with Gasteiger partial charge in [-0.05, 0) is 11.6 Å². The fraction of sp³-hybridized carbons (Fsp3) is 0.857. The summed E-state index contributed by atoms with van der Waals surface area (Å²) in [6.07, 6.45) is 12.6. The summed E-state index contributed by atoms with van der Waals surface area (Å²) in [5.74, 6) is -0.508. The van der Waals surface area contributed by atoms with Crippen molar-refractivity contribution in [3.8, 4) is 0 Å². The number of nitrogens with zero attached hydrogens (tertiary/aromatic N) is 3. The fourth-order valence-corrected chi connectivity index (χ4v) is 2.07. The SMILES string of the molecule is CCCCCCCCCCCCOC(=O)c1nn[nH]n1.[Ag]. The van der Waals surface area contributed by atoms with Crippen LogP contribution in [0.3, 0.4) is 0 Å².